The number of hydrogen-bond acceptors (Lipinski definition) is 4. The lowest BCUT2D eigenvalue weighted by Gasteiger charge is -2.33. The molecule has 0 radical (unpaired) electrons. The summed E-state index contributed by atoms with van der Waals surface area (Å²) in [6.45, 7) is 5.27. The fourth-order valence-electron chi connectivity index (χ4n) is 2.83. The van der Waals surface area contributed by atoms with Crippen molar-refractivity contribution in [3.8, 4) is 0 Å². The molecular weight excluding hydrogens is 366 g/mol. The van der Waals surface area contributed by atoms with Gasteiger partial charge in [-0.25, -0.2) is 0 Å². The highest BCUT2D eigenvalue weighted by Gasteiger charge is 2.34. The topological polar surface area (TPSA) is 53.0 Å². The van der Waals surface area contributed by atoms with Crippen LogP contribution in [-0.4, -0.2) is 57.3 Å². The van der Waals surface area contributed by atoms with Gasteiger partial charge in [0, 0.05) is 36.2 Å². The zero-order chi connectivity index (χ0) is 15.9. The van der Waals surface area contributed by atoms with E-state index in [9.17, 15) is 8.42 Å². The minimum Gasteiger partial charge on any atom is -0.353 e. The molecule has 0 unspecified atom stereocenters. The molecule has 1 saturated heterocycles. The molecule has 2 aliphatic heterocycles. The number of likely N-dealkylation sites (N-methyl/N-ethyl adjacent to an activating group) is 1. The zero-order valence-electron chi connectivity index (χ0n) is 12.6. The van der Waals surface area contributed by atoms with Gasteiger partial charge in [-0.15, -0.1) is 4.40 Å². The fraction of sp³-hybridized carbons (Fsp3) is 0.400. The summed E-state index contributed by atoms with van der Waals surface area (Å²) in [6.07, 6.45) is 0. The van der Waals surface area contributed by atoms with Gasteiger partial charge in [0.15, 0.2) is 0 Å². The molecule has 1 aromatic carbocycles. The quantitative estimate of drug-likeness (QED) is 0.745. The smallest absolute Gasteiger partial charge is 0.285 e. The lowest BCUT2D eigenvalue weighted by atomic mass is 10.1. The van der Waals surface area contributed by atoms with Crippen molar-refractivity contribution in [2.75, 3.05) is 33.2 Å². The molecule has 2 aliphatic rings. The minimum atomic E-state index is -3.63. The molecule has 0 atom stereocenters. The summed E-state index contributed by atoms with van der Waals surface area (Å²) in [6, 6.07) is 7.34. The molecule has 2 heterocycles. The van der Waals surface area contributed by atoms with Crippen LogP contribution in [0.3, 0.4) is 0 Å². The standard InChI is InChI=1S/C15H18BrN3O2S/c1-11-14(12-4-3-5-13(16)10-12)22(20,21)17-15(11)19-8-6-18(2)7-9-19/h3-5,10H,6-9H2,1-2H3. The predicted octanol–water partition coefficient (Wildman–Crippen LogP) is 2.17. The molecule has 5 nitrogen and oxygen atoms in total. The number of hydrogen-bond donors (Lipinski definition) is 0. The van der Waals surface area contributed by atoms with Crippen molar-refractivity contribution < 1.29 is 8.42 Å². The summed E-state index contributed by atoms with van der Waals surface area (Å²) < 4.78 is 29.9. The van der Waals surface area contributed by atoms with Gasteiger partial charge in [-0.05, 0) is 31.7 Å². The summed E-state index contributed by atoms with van der Waals surface area (Å²) >= 11 is 3.39. The van der Waals surface area contributed by atoms with Crippen molar-refractivity contribution >= 4 is 36.7 Å². The Hall–Kier alpha value is -1.18. The van der Waals surface area contributed by atoms with Crippen LogP contribution in [0.1, 0.15) is 12.5 Å². The SMILES string of the molecule is CC1=C(c2cccc(Br)c2)S(=O)(=O)N=C1N1CCN(C)CC1. The van der Waals surface area contributed by atoms with Crippen LogP contribution in [0.15, 0.2) is 38.7 Å². The molecule has 118 valence electrons. The molecule has 0 aromatic heterocycles. The summed E-state index contributed by atoms with van der Waals surface area (Å²) in [4.78, 5) is 4.62. The number of amidine groups is 1. The zero-order valence-corrected chi connectivity index (χ0v) is 15.0. The van der Waals surface area contributed by atoms with E-state index in [1.807, 2.05) is 31.2 Å². The second-order valence-electron chi connectivity index (χ2n) is 5.64. The minimum absolute atomic E-state index is 0.322. The largest absolute Gasteiger partial charge is 0.353 e. The average Bonchev–Trinajstić information content (AvgIpc) is 2.69. The van der Waals surface area contributed by atoms with E-state index >= 15 is 0 Å². The maximum atomic E-state index is 12.5. The molecule has 0 saturated carbocycles. The first-order valence-corrected chi connectivity index (χ1v) is 9.37. The van der Waals surface area contributed by atoms with E-state index in [4.69, 9.17) is 0 Å². The molecule has 0 bridgehead atoms. The molecule has 3 rings (SSSR count). The third-order valence-corrected chi connectivity index (χ3v) is 5.99. The summed E-state index contributed by atoms with van der Waals surface area (Å²) in [7, 11) is -1.56. The lowest BCUT2D eigenvalue weighted by Crippen LogP contribution is -2.47. The summed E-state index contributed by atoms with van der Waals surface area (Å²) in [5.41, 5.74) is 1.42. The first-order valence-electron chi connectivity index (χ1n) is 7.14. The molecule has 1 aromatic rings. The molecular formula is C15H18BrN3O2S. The third kappa shape index (κ3) is 2.85. The molecule has 7 heteroatoms. The van der Waals surface area contributed by atoms with Gasteiger partial charge < -0.3 is 9.80 Å². The van der Waals surface area contributed by atoms with Crippen LogP contribution in [-0.2, 0) is 10.0 Å². The average molecular weight is 384 g/mol. The maximum Gasteiger partial charge on any atom is 0.285 e. The van der Waals surface area contributed by atoms with Crippen LogP contribution < -0.4 is 0 Å². The first-order chi connectivity index (χ1) is 10.4. The normalized spacial score (nSPS) is 22.1. The first kappa shape index (κ1) is 15.7. The Kier molecular flexibility index (Phi) is 4.13. The van der Waals surface area contributed by atoms with Gasteiger partial charge >= 0.3 is 0 Å². The van der Waals surface area contributed by atoms with E-state index in [-0.39, 0.29) is 0 Å². The number of nitrogens with zero attached hydrogens (tertiary/aromatic N) is 3. The van der Waals surface area contributed by atoms with Gasteiger partial charge in [0.25, 0.3) is 10.0 Å². The van der Waals surface area contributed by atoms with Crippen molar-refractivity contribution in [1.29, 1.82) is 0 Å². The number of piperazine rings is 1. The van der Waals surface area contributed by atoms with Crippen molar-refractivity contribution in [3.05, 3.63) is 39.9 Å². The predicted molar refractivity (Wildman–Crippen MR) is 92.2 cm³/mol. The van der Waals surface area contributed by atoms with Crippen LogP contribution in [0.25, 0.3) is 4.91 Å². The van der Waals surface area contributed by atoms with Crippen molar-refractivity contribution in [3.63, 3.8) is 0 Å². The van der Waals surface area contributed by atoms with E-state index in [2.05, 4.69) is 37.2 Å². The maximum absolute atomic E-state index is 12.5. The van der Waals surface area contributed by atoms with Crippen molar-refractivity contribution in [1.82, 2.24) is 9.80 Å². The van der Waals surface area contributed by atoms with Gasteiger partial charge in [-0.1, -0.05) is 28.1 Å². The molecule has 0 aliphatic carbocycles. The highest BCUT2D eigenvalue weighted by molar-refractivity contribution is 9.10. The second-order valence-corrected chi connectivity index (χ2v) is 8.10. The molecule has 0 spiro atoms. The van der Waals surface area contributed by atoms with Gasteiger partial charge in [0.05, 0.1) is 0 Å². The number of sulfonamides is 1. The number of halogens is 1. The lowest BCUT2D eigenvalue weighted by molar-refractivity contribution is 0.216. The van der Waals surface area contributed by atoms with Crippen molar-refractivity contribution in [2.24, 2.45) is 4.40 Å². The Morgan fingerprint density at radius 1 is 1.18 bits per heavy atom. The Morgan fingerprint density at radius 3 is 2.50 bits per heavy atom. The van der Waals surface area contributed by atoms with Crippen LogP contribution in [0.4, 0.5) is 0 Å². The molecule has 22 heavy (non-hydrogen) atoms. The van der Waals surface area contributed by atoms with E-state index in [0.717, 1.165) is 36.2 Å². The summed E-state index contributed by atoms with van der Waals surface area (Å²) in [5.74, 6) is 0.600. The molecule has 1 fully saturated rings. The van der Waals surface area contributed by atoms with Gasteiger partial charge in [-0.3, -0.25) is 0 Å². The van der Waals surface area contributed by atoms with E-state index < -0.39 is 10.0 Å². The Balaban J connectivity index is 2.01. The van der Waals surface area contributed by atoms with E-state index in [0.29, 0.717) is 16.3 Å². The van der Waals surface area contributed by atoms with Gasteiger partial charge in [-0.2, -0.15) is 8.42 Å². The fourth-order valence-corrected chi connectivity index (χ4v) is 4.70. The van der Waals surface area contributed by atoms with Crippen LogP contribution in [0, 0.1) is 0 Å². The molecule has 0 amide bonds. The van der Waals surface area contributed by atoms with E-state index in [1.54, 1.807) is 0 Å². The van der Waals surface area contributed by atoms with Gasteiger partial charge in [0.2, 0.25) is 0 Å². The Bertz CT molecular complexity index is 763. The number of rotatable bonds is 1. The molecule has 0 N–H and O–H groups in total. The highest BCUT2D eigenvalue weighted by Crippen LogP contribution is 2.34. The Morgan fingerprint density at radius 2 is 1.86 bits per heavy atom. The van der Waals surface area contributed by atoms with Crippen LogP contribution >= 0.6 is 15.9 Å². The third-order valence-electron chi connectivity index (χ3n) is 4.03. The van der Waals surface area contributed by atoms with Gasteiger partial charge in [0.1, 0.15) is 10.7 Å². The second kappa shape index (κ2) is 5.79. The highest BCUT2D eigenvalue weighted by atomic mass is 79.9. The van der Waals surface area contributed by atoms with E-state index in [1.165, 1.54) is 0 Å². The van der Waals surface area contributed by atoms with Crippen molar-refractivity contribution in [2.45, 2.75) is 6.92 Å². The van der Waals surface area contributed by atoms with Crippen LogP contribution in [0.2, 0.25) is 0 Å². The monoisotopic (exact) mass is 383 g/mol. The number of benzene rings is 1. The van der Waals surface area contributed by atoms with Crippen LogP contribution in [0.5, 0.6) is 0 Å². The summed E-state index contributed by atoms with van der Waals surface area (Å²) in [5, 5.41) is 0. The Labute approximate surface area is 139 Å².